The lowest BCUT2D eigenvalue weighted by molar-refractivity contribution is 0.0941. The molecule has 0 unspecified atom stereocenters. The Morgan fingerprint density at radius 2 is 2.37 bits per heavy atom. The maximum absolute atomic E-state index is 11.8. The van der Waals surface area contributed by atoms with Gasteiger partial charge >= 0.3 is 0 Å². The van der Waals surface area contributed by atoms with Crippen LogP contribution < -0.4 is 5.32 Å². The highest BCUT2D eigenvalue weighted by molar-refractivity contribution is 5.92. The summed E-state index contributed by atoms with van der Waals surface area (Å²) >= 11 is 0. The smallest absolute Gasteiger partial charge is 0.273 e. The summed E-state index contributed by atoms with van der Waals surface area (Å²) in [5.74, 6) is 1.27. The van der Waals surface area contributed by atoms with Crippen molar-refractivity contribution in [2.24, 2.45) is 0 Å². The van der Waals surface area contributed by atoms with Gasteiger partial charge in [0.2, 0.25) is 5.76 Å². The number of aromatic nitrogens is 3. The average molecular weight is 258 g/mol. The zero-order valence-electron chi connectivity index (χ0n) is 9.79. The van der Waals surface area contributed by atoms with Gasteiger partial charge in [0.1, 0.15) is 5.82 Å². The number of imidazole rings is 1. The van der Waals surface area contributed by atoms with Gasteiger partial charge in [0.15, 0.2) is 11.5 Å². The number of H-pyrrole nitrogens is 1. The van der Waals surface area contributed by atoms with E-state index < -0.39 is 0 Å². The first-order valence-electron chi connectivity index (χ1n) is 5.60. The molecule has 19 heavy (non-hydrogen) atoms. The number of amides is 1. The fourth-order valence-electron chi connectivity index (χ4n) is 1.57. The Morgan fingerprint density at radius 3 is 3.11 bits per heavy atom. The molecule has 3 aromatic heterocycles. The molecule has 0 aromatic carbocycles. The molecule has 0 saturated carbocycles. The normalized spacial score (nSPS) is 10.5. The van der Waals surface area contributed by atoms with Crippen LogP contribution in [0, 0.1) is 0 Å². The molecule has 0 radical (unpaired) electrons. The van der Waals surface area contributed by atoms with E-state index in [1.165, 1.54) is 12.3 Å². The van der Waals surface area contributed by atoms with Crippen molar-refractivity contribution in [2.75, 3.05) is 0 Å². The number of aromatic amines is 1. The van der Waals surface area contributed by atoms with Gasteiger partial charge in [-0.25, -0.2) is 4.98 Å². The molecule has 2 N–H and O–H groups in total. The number of carbonyl (C=O) groups excluding carboxylic acids is 1. The maximum atomic E-state index is 11.8. The van der Waals surface area contributed by atoms with Crippen LogP contribution in [0.1, 0.15) is 16.3 Å². The largest absolute Gasteiger partial charge is 0.461 e. The first kappa shape index (κ1) is 11.3. The van der Waals surface area contributed by atoms with Crippen LogP contribution >= 0.6 is 0 Å². The minimum Gasteiger partial charge on any atom is -0.461 e. The second-order valence-corrected chi connectivity index (χ2v) is 3.77. The molecule has 0 bridgehead atoms. The molecule has 0 atom stereocenters. The predicted octanol–water partition coefficient (Wildman–Crippen LogP) is 1.59. The van der Waals surface area contributed by atoms with Crippen molar-refractivity contribution >= 4 is 5.91 Å². The lowest BCUT2D eigenvalue weighted by Crippen LogP contribution is -2.23. The molecule has 3 rings (SSSR count). The summed E-state index contributed by atoms with van der Waals surface area (Å²) in [6, 6.07) is 4.98. The van der Waals surface area contributed by atoms with E-state index in [0.717, 1.165) is 0 Å². The van der Waals surface area contributed by atoms with E-state index in [-0.39, 0.29) is 11.6 Å². The number of hydrogen-bond acceptors (Lipinski definition) is 5. The summed E-state index contributed by atoms with van der Waals surface area (Å²) in [6.45, 7) is 0.300. The third-order valence-electron chi connectivity index (χ3n) is 2.48. The van der Waals surface area contributed by atoms with Crippen LogP contribution in [0.25, 0.3) is 11.5 Å². The standard InChI is InChI=1S/C12H10N4O3/c17-12(15-7-11-13-3-4-14-11)8-6-10(19-16-8)9-2-1-5-18-9/h1-6H,7H2,(H,13,14)(H,15,17). The summed E-state index contributed by atoms with van der Waals surface area (Å²) in [5.41, 5.74) is 0.193. The third kappa shape index (κ3) is 2.39. The molecule has 0 aliphatic carbocycles. The number of furan rings is 1. The Balaban J connectivity index is 1.67. The van der Waals surface area contributed by atoms with Gasteiger partial charge in [-0.05, 0) is 12.1 Å². The minimum atomic E-state index is -0.335. The van der Waals surface area contributed by atoms with E-state index in [0.29, 0.717) is 23.9 Å². The molecule has 1 amide bonds. The Hall–Kier alpha value is -2.83. The highest BCUT2D eigenvalue weighted by Gasteiger charge is 2.14. The van der Waals surface area contributed by atoms with E-state index in [2.05, 4.69) is 20.4 Å². The lowest BCUT2D eigenvalue weighted by atomic mass is 10.3. The molecule has 7 nitrogen and oxygen atoms in total. The zero-order chi connectivity index (χ0) is 13.1. The summed E-state index contributed by atoms with van der Waals surface area (Å²) in [7, 11) is 0. The quantitative estimate of drug-likeness (QED) is 0.740. The number of rotatable bonds is 4. The first-order chi connectivity index (χ1) is 9.33. The molecule has 0 spiro atoms. The van der Waals surface area contributed by atoms with Gasteiger partial charge in [-0.15, -0.1) is 0 Å². The van der Waals surface area contributed by atoms with Gasteiger partial charge in [-0.2, -0.15) is 0 Å². The van der Waals surface area contributed by atoms with Gasteiger partial charge in [0, 0.05) is 18.5 Å². The summed E-state index contributed by atoms with van der Waals surface area (Å²) in [6.07, 6.45) is 4.83. The number of hydrogen-bond donors (Lipinski definition) is 2. The van der Waals surface area contributed by atoms with Crippen molar-refractivity contribution in [3.8, 4) is 11.5 Å². The third-order valence-corrected chi connectivity index (χ3v) is 2.48. The molecule has 3 aromatic rings. The van der Waals surface area contributed by atoms with Gasteiger partial charge in [-0.3, -0.25) is 4.79 Å². The molecule has 0 fully saturated rings. The summed E-state index contributed by atoms with van der Waals surface area (Å²) in [4.78, 5) is 18.7. The van der Waals surface area contributed by atoms with Gasteiger partial charge < -0.3 is 19.2 Å². The van der Waals surface area contributed by atoms with E-state index >= 15 is 0 Å². The van der Waals surface area contributed by atoms with E-state index in [9.17, 15) is 4.79 Å². The molecule has 3 heterocycles. The van der Waals surface area contributed by atoms with Crippen LogP contribution in [0.4, 0.5) is 0 Å². The molecular weight excluding hydrogens is 248 g/mol. The second kappa shape index (κ2) is 4.81. The van der Waals surface area contributed by atoms with Gasteiger partial charge in [-0.1, -0.05) is 5.16 Å². The van der Waals surface area contributed by atoms with Crippen molar-refractivity contribution in [1.82, 2.24) is 20.4 Å². The van der Waals surface area contributed by atoms with Gasteiger partial charge in [0.25, 0.3) is 5.91 Å². The molecule has 96 valence electrons. The number of carbonyl (C=O) groups is 1. The Morgan fingerprint density at radius 1 is 1.42 bits per heavy atom. The van der Waals surface area contributed by atoms with Crippen LogP contribution in [0.5, 0.6) is 0 Å². The topological polar surface area (TPSA) is 97.0 Å². The van der Waals surface area contributed by atoms with Crippen molar-refractivity contribution in [2.45, 2.75) is 6.54 Å². The van der Waals surface area contributed by atoms with Crippen LogP contribution in [-0.2, 0) is 6.54 Å². The van der Waals surface area contributed by atoms with E-state index in [4.69, 9.17) is 8.94 Å². The van der Waals surface area contributed by atoms with E-state index in [1.54, 1.807) is 24.5 Å². The predicted molar refractivity (Wildman–Crippen MR) is 64.0 cm³/mol. The summed E-state index contributed by atoms with van der Waals surface area (Å²) < 4.78 is 10.2. The first-order valence-corrected chi connectivity index (χ1v) is 5.60. The second-order valence-electron chi connectivity index (χ2n) is 3.77. The summed E-state index contributed by atoms with van der Waals surface area (Å²) in [5, 5.41) is 6.37. The van der Waals surface area contributed by atoms with Crippen molar-refractivity contribution in [1.29, 1.82) is 0 Å². The highest BCUT2D eigenvalue weighted by Crippen LogP contribution is 2.20. The van der Waals surface area contributed by atoms with Crippen LogP contribution in [0.3, 0.4) is 0 Å². The molecule has 0 saturated heterocycles. The molecular formula is C12H10N4O3. The molecule has 0 aliphatic heterocycles. The zero-order valence-corrected chi connectivity index (χ0v) is 9.79. The average Bonchev–Trinajstić information content (AvgIpc) is 3.14. The van der Waals surface area contributed by atoms with Gasteiger partial charge in [0.05, 0.1) is 12.8 Å². The number of nitrogens with one attached hydrogen (secondary N) is 2. The monoisotopic (exact) mass is 258 g/mol. The van der Waals surface area contributed by atoms with Crippen molar-refractivity contribution in [3.63, 3.8) is 0 Å². The minimum absolute atomic E-state index is 0.193. The molecule has 0 aliphatic rings. The van der Waals surface area contributed by atoms with Crippen LogP contribution in [-0.4, -0.2) is 21.0 Å². The Labute approximate surface area is 107 Å². The lowest BCUT2D eigenvalue weighted by Gasteiger charge is -1.98. The Kier molecular flexibility index (Phi) is 2.85. The number of nitrogens with zero attached hydrogens (tertiary/aromatic N) is 2. The SMILES string of the molecule is O=C(NCc1ncc[nH]1)c1cc(-c2ccco2)on1. The maximum Gasteiger partial charge on any atom is 0.273 e. The Bertz CT molecular complexity index is 655. The van der Waals surface area contributed by atoms with Crippen molar-refractivity contribution < 1.29 is 13.7 Å². The van der Waals surface area contributed by atoms with Crippen LogP contribution in [0.2, 0.25) is 0 Å². The fourth-order valence-corrected chi connectivity index (χ4v) is 1.57. The van der Waals surface area contributed by atoms with E-state index in [1.807, 2.05) is 0 Å². The molecule has 7 heteroatoms. The fraction of sp³-hybridized carbons (Fsp3) is 0.0833. The van der Waals surface area contributed by atoms with Crippen molar-refractivity contribution in [3.05, 3.63) is 48.4 Å². The highest BCUT2D eigenvalue weighted by atomic mass is 16.5. The van der Waals surface area contributed by atoms with Crippen LogP contribution in [0.15, 0.2) is 45.8 Å².